The Kier molecular flexibility index (Phi) is 7.38. The van der Waals surface area contributed by atoms with Gasteiger partial charge in [-0.25, -0.2) is 5.43 Å². The summed E-state index contributed by atoms with van der Waals surface area (Å²) in [5.41, 5.74) is 4.63. The van der Waals surface area contributed by atoms with E-state index in [9.17, 15) is 9.90 Å². The Morgan fingerprint density at radius 3 is 2.25 bits per heavy atom. The van der Waals surface area contributed by atoms with Gasteiger partial charge in [0.2, 0.25) is 0 Å². The summed E-state index contributed by atoms with van der Waals surface area (Å²) in [6.45, 7) is 0.464. The van der Waals surface area contributed by atoms with Crippen molar-refractivity contribution < 1.29 is 14.6 Å². The van der Waals surface area contributed by atoms with Gasteiger partial charge in [-0.3, -0.25) is 4.79 Å². The third-order valence-electron chi connectivity index (χ3n) is 5.76. The first-order chi connectivity index (χ1) is 17.5. The molecule has 5 nitrogen and oxygen atoms in total. The van der Waals surface area contributed by atoms with E-state index in [1.54, 1.807) is 18.3 Å². The molecule has 5 rings (SSSR count). The number of nitrogens with one attached hydrogen (secondary N) is 1. The summed E-state index contributed by atoms with van der Waals surface area (Å²) in [6, 6.07) is 29.2. The molecule has 5 aromatic carbocycles. The van der Waals surface area contributed by atoms with Crippen molar-refractivity contribution in [3.8, 4) is 11.5 Å². The van der Waals surface area contributed by atoms with Crippen molar-refractivity contribution in [1.82, 2.24) is 5.43 Å². The summed E-state index contributed by atoms with van der Waals surface area (Å²) in [4.78, 5) is 12.6. The Balaban J connectivity index is 1.28. The minimum absolute atomic E-state index is 0.0850. The molecule has 0 fully saturated rings. The van der Waals surface area contributed by atoms with Gasteiger partial charge in [0, 0.05) is 0 Å². The molecule has 0 radical (unpaired) electrons. The SMILES string of the molecule is O=C(NN=Cc1cc(I)c(OCc2cccc3ccccc23)c(I)c1)c1cc2ccccc2cc1O. The van der Waals surface area contributed by atoms with Crippen LogP contribution in [0.5, 0.6) is 11.5 Å². The Morgan fingerprint density at radius 1 is 0.861 bits per heavy atom. The second kappa shape index (κ2) is 10.8. The maximum atomic E-state index is 12.6. The van der Waals surface area contributed by atoms with Crippen LogP contribution in [-0.4, -0.2) is 17.2 Å². The smallest absolute Gasteiger partial charge is 0.275 e. The minimum atomic E-state index is -0.478. The third kappa shape index (κ3) is 5.31. The maximum absolute atomic E-state index is 12.6. The van der Waals surface area contributed by atoms with Crippen LogP contribution in [0.15, 0.2) is 96.1 Å². The van der Waals surface area contributed by atoms with Gasteiger partial charge in [0.1, 0.15) is 18.1 Å². The van der Waals surface area contributed by atoms with E-state index in [-0.39, 0.29) is 11.3 Å². The molecule has 178 valence electrons. The van der Waals surface area contributed by atoms with Gasteiger partial charge in [-0.15, -0.1) is 0 Å². The highest BCUT2D eigenvalue weighted by Crippen LogP contribution is 2.30. The normalized spacial score (nSPS) is 11.3. The predicted octanol–water partition coefficient (Wildman–Crippen LogP) is 7.25. The van der Waals surface area contributed by atoms with E-state index in [4.69, 9.17) is 4.74 Å². The first kappa shape index (κ1) is 24.5. The molecule has 0 aliphatic carbocycles. The van der Waals surface area contributed by atoms with Gasteiger partial charge >= 0.3 is 0 Å². The number of hydrazone groups is 1. The molecule has 0 aromatic heterocycles. The van der Waals surface area contributed by atoms with Gasteiger partial charge in [-0.1, -0.05) is 66.7 Å². The largest absolute Gasteiger partial charge is 0.507 e. The molecule has 36 heavy (non-hydrogen) atoms. The molecule has 0 unspecified atom stereocenters. The van der Waals surface area contributed by atoms with Crippen LogP contribution in [-0.2, 0) is 6.61 Å². The van der Waals surface area contributed by atoms with Gasteiger partial charge < -0.3 is 9.84 Å². The number of carbonyl (C=O) groups excluding carboxylic acids is 1. The van der Waals surface area contributed by atoms with Crippen molar-refractivity contribution in [2.75, 3.05) is 0 Å². The van der Waals surface area contributed by atoms with Gasteiger partial charge in [0.15, 0.2) is 0 Å². The molecular weight excluding hydrogens is 678 g/mol. The van der Waals surface area contributed by atoms with Crippen LogP contribution in [0.25, 0.3) is 21.5 Å². The average Bonchev–Trinajstić information content (AvgIpc) is 2.88. The Labute approximate surface area is 235 Å². The molecule has 5 aromatic rings. The molecule has 2 N–H and O–H groups in total. The second-order valence-corrected chi connectivity index (χ2v) is 10.5. The third-order valence-corrected chi connectivity index (χ3v) is 7.36. The molecule has 0 aliphatic rings. The molecular formula is C29H20I2N2O3. The quantitative estimate of drug-likeness (QED) is 0.112. The summed E-state index contributed by atoms with van der Waals surface area (Å²) in [5.74, 6) is 0.249. The lowest BCUT2D eigenvalue weighted by Crippen LogP contribution is -2.17. The molecule has 0 bridgehead atoms. The average molecular weight is 698 g/mol. The summed E-state index contributed by atoms with van der Waals surface area (Å²) >= 11 is 4.49. The van der Waals surface area contributed by atoms with E-state index in [0.29, 0.717) is 6.61 Å². The van der Waals surface area contributed by atoms with Crippen molar-refractivity contribution in [1.29, 1.82) is 0 Å². The number of phenols is 1. The van der Waals surface area contributed by atoms with E-state index in [1.165, 1.54) is 10.8 Å². The molecule has 1 amide bonds. The second-order valence-electron chi connectivity index (χ2n) is 8.16. The number of hydrogen-bond donors (Lipinski definition) is 2. The lowest BCUT2D eigenvalue weighted by atomic mass is 10.1. The van der Waals surface area contributed by atoms with Crippen molar-refractivity contribution >= 4 is 78.8 Å². The van der Waals surface area contributed by atoms with Crippen LogP contribution < -0.4 is 10.2 Å². The number of ether oxygens (including phenoxy) is 1. The number of hydrogen-bond acceptors (Lipinski definition) is 4. The van der Waals surface area contributed by atoms with E-state index in [1.807, 2.05) is 54.6 Å². The monoisotopic (exact) mass is 698 g/mol. The molecule has 0 heterocycles. The van der Waals surface area contributed by atoms with Crippen LogP contribution in [0.4, 0.5) is 0 Å². The highest BCUT2D eigenvalue weighted by atomic mass is 127. The van der Waals surface area contributed by atoms with Crippen molar-refractivity contribution in [3.63, 3.8) is 0 Å². The zero-order valence-electron chi connectivity index (χ0n) is 18.9. The van der Waals surface area contributed by atoms with Gasteiger partial charge in [0.25, 0.3) is 5.91 Å². The number of carbonyl (C=O) groups is 1. The van der Waals surface area contributed by atoms with Crippen LogP contribution >= 0.6 is 45.2 Å². The van der Waals surface area contributed by atoms with Gasteiger partial charge in [-0.05, 0) is 102 Å². The fraction of sp³-hybridized carbons (Fsp3) is 0.0345. The van der Waals surface area contributed by atoms with Crippen molar-refractivity contribution in [3.05, 3.63) is 115 Å². The van der Waals surface area contributed by atoms with E-state index in [2.05, 4.69) is 80.0 Å². The fourth-order valence-electron chi connectivity index (χ4n) is 4.00. The van der Waals surface area contributed by atoms with E-state index in [0.717, 1.165) is 34.8 Å². The lowest BCUT2D eigenvalue weighted by molar-refractivity contribution is 0.0952. The van der Waals surface area contributed by atoms with Crippen LogP contribution in [0.2, 0.25) is 0 Å². The minimum Gasteiger partial charge on any atom is -0.507 e. The molecule has 0 saturated heterocycles. The predicted molar refractivity (Wildman–Crippen MR) is 161 cm³/mol. The zero-order valence-corrected chi connectivity index (χ0v) is 23.2. The molecule has 0 spiro atoms. The number of amides is 1. The van der Waals surface area contributed by atoms with Crippen LogP contribution in [0.1, 0.15) is 21.5 Å². The van der Waals surface area contributed by atoms with E-state index >= 15 is 0 Å². The first-order valence-corrected chi connectivity index (χ1v) is 13.3. The number of phenolic OH excluding ortho intramolecular Hbond substituents is 1. The molecule has 0 atom stereocenters. The molecule has 0 saturated carbocycles. The van der Waals surface area contributed by atoms with Crippen molar-refractivity contribution in [2.45, 2.75) is 6.61 Å². The number of aromatic hydroxyl groups is 1. The first-order valence-electron chi connectivity index (χ1n) is 11.1. The van der Waals surface area contributed by atoms with Crippen LogP contribution in [0, 0.1) is 7.14 Å². The Hall–Kier alpha value is -3.18. The standard InChI is InChI=1S/C29H20I2N2O3/c30-25-12-18(16-32-33-29(35)24-14-20-7-1-2-8-21(20)15-27(24)34)13-26(31)28(25)36-17-22-10-5-9-19-6-3-4-11-23(19)22/h1-16,34H,17H2,(H,33,35). The number of benzene rings is 5. The van der Waals surface area contributed by atoms with Gasteiger partial charge in [0.05, 0.1) is 18.9 Å². The maximum Gasteiger partial charge on any atom is 0.275 e. The highest BCUT2D eigenvalue weighted by molar-refractivity contribution is 14.1. The number of halogens is 2. The highest BCUT2D eigenvalue weighted by Gasteiger charge is 2.13. The summed E-state index contributed by atoms with van der Waals surface area (Å²) < 4.78 is 8.10. The van der Waals surface area contributed by atoms with Gasteiger partial charge in [-0.2, -0.15) is 5.10 Å². The topological polar surface area (TPSA) is 70.9 Å². The number of rotatable bonds is 6. The molecule has 7 heteroatoms. The summed E-state index contributed by atoms with van der Waals surface area (Å²) in [5, 5.41) is 18.5. The zero-order chi connectivity index (χ0) is 25.1. The summed E-state index contributed by atoms with van der Waals surface area (Å²) in [6.07, 6.45) is 1.58. The summed E-state index contributed by atoms with van der Waals surface area (Å²) in [7, 11) is 0. The van der Waals surface area contributed by atoms with Crippen LogP contribution in [0.3, 0.4) is 0 Å². The Morgan fingerprint density at radius 2 is 1.50 bits per heavy atom. The number of nitrogens with zero attached hydrogens (tertiary/aromatic N) is 1. The Bertz CT molecular complexity index is 1600. The number of fused-ring (bicyclic) bond motifs is 2. The van der Waals surface area contributed by atoms with Crippen molar-refractivity contribution in [2.24, 2.45) is 5.10 Å². The van der Waals surface area contributed by atoms with E-state index < -0.39 is 5.91 Å². The fourth-order valence-corrected chi connectivity index (χ4v) is 6.12. The molecule has 0 aliphatic heterocycles. The lowest BCUT2D eigenvalue weighted by Gasteiger charge is -2.13.